The number of hydrogen-bond donors (Lipinski definition) is 3. The number of urea groups is 1. The van der Waals surface area contributed by atoms with Crippen molar-refractivity contribution in [2.24, 2.45) is 5.92 Å². The molecule has 1 aromatic rings. The second-order valence-corrected chi connectivity index (χ2v) is 7.04. The van der Waals surface area contributed by atoms with Gasteiger partial charge in [-0.1, -0.05) is 44.2 Å². The highest BCUT2D eigenvalue weighted by Crippen LogP contribution is 2.14. The summed E-state index contributed by atoms with van der Waals surface area (Å²) in [4.78, 5) is 14.6. The summed E-state index contributed by atoms with van der Waals surface area (Å²) in [6, 6.07) is 10.5. The lowest BCUT2D eigenvalue weighted by Crippen LogP contribution is -2.52. The van der Waals surface area contributed by atoms with Crippen molar-refractivity contribution in [2.75, 3.05) is 19.7 Å². The molecule has 24 heavy (non-hydrogen) atoms. The molecule has 0 aliphatic carbocycles. The molecule has 134 valence electrons. The van der Waals surface area contributed by atoms with E-state index in [0.717, 1.165) is 32.5 Å². The Balaban J connectivity index is 1.80. The largest absolute Gasteiger partial charge is 0.396 e. The molecule has 2 rings (SSSR count). The maximum Gasteiger partial charge on any atom is 0.315 e. The molecule has 1 heterocycles. The Kier molecular flexibility index (Phi) is 7.53. The summed E-state index contributed by atoms with van der Waals surface area (Å²) in [5.41, 5.74) is 1.31. The second kappa shape index (κ2) is 9.64. The summed E-state index contributed by atoms with van der Waals surface area (Å²) in [6.45, 7) is 7.10. The molecule has 0 spiro atoms. The molecule has 5 nitrogen and oxygen atoms in total. The lowest BCUT2D eigenvalue weighted by atomic mass is 10.0. The van der Waals surface area contributed by atoms with Gasteiger partial charge in [-0.3, -0.25) is 4.90 Å². The molecule has 1 aliphatic rings. The molecule has 0 aromatic heterocycles. The van der Waals surface area contributed by atoms with Crippen molar-refractivity contribution >= 4 is 6.03 Å². The fourth-order valence-electron chi connectivity index (χ4n) is 3.27. The average molecular weight is 333 g/mol. The Labute approximate surface area is 145 Å². The average Bonchev–Trinajstić information content (AvgIpc) is 2.55. The zero-order chi connectivity index (χ0) is 17.4. The monoisotopic (exact) mass is 333 g/mol. The summed E-state index contributed by atoms with van der Waals surface area (Å²) in [6.07, 6.45) is 2.71. The van der Waals surface area contributed by atoms with Crippen molar-refractivity contribution in [3.63, 3.8) is 0 Å². The minimum atomic E-state index is -0.117. The van der Waals surface area contributed by atoms with Crippen molar-refractivity contribution in [1.29, 1.82) is 0 Å². The summed E-state index contributed by atoms with van der Waals surface area (Å²) >= 11 is 0. The Bertz CT molecular complexity index is 493. The van der Waals surface area contributed by atoms with Gasteiger partial charge in [-0.2, -0.15) is 0 Å². The molecule has 1 aliphatic heterocycles. The van der Waals surface area contributed by atoms with Gasteiger partial charge in [0.25, 0.3) is 0 Å². The van der Waals surface area contributed by atoms with Crippen LogP contribution in [0.1, 0.15) is 38.7 Å². The fraction of sp³-hybridized carbons (Fsp3) is 0.632. The number of nitrogens with zero attached hydrogens (tertiary/aromatic N) is 1. The van der Waals surface area contributed by atoms with Crippen LogP contribution < -0.4 is 10.6 Å². The topological polar surface area (TPSA) is 64.6 Å². The molecule has 5 heteroatoms. The number of benzene rings is 1. The van der Waals surface area contributed by atoms with Crippen molar-refractivity contribution in [3.8, 4) is 0 Å². The molecular weight excluding hydrogens is 302 g/mol. The molecule has 0 radical (unpaired) electrons. The zero-order valence-electron chi connectivity index (χ0n) is 14.9. The van der Waals surface area contributed by atoms with Gasteiger partial charge in [0.15, 0.2) is 0 Å². The number of likely N-dealkylation sites (tertiary alicyclic amines) is 1. The van der Waals surface area contributed by atoms with E-state index in [1.165, 1.54) is 5.56 Å². The van der Waals surface area contributed by atoms with Gasteiger partial charge < -0.3 is 15.7 Å². The van der Waals surface area contributed by atoms with Crippen molar-refractivity contribution in [2.45, 2.75) is 51.7 Å². The normalized spacial score (nSPS) is 19.9. The van der Waals surface area contributed by atoms with Crippen LogP contribution in [0.2, 0.25) is 0 Å². The third kappa shape index (κ3) is 6.13. The first-order valence-corrected chi connectivity index (χ1v) is 9.02. The van der Waals surface area contributed by atoms with Crippen LogP contribution in [0.3, 0.4) is 0 Å². The number of aliphatic hydroxyl groups excluding tert-OH is 1. The smallest absolute Gasteiger partial charge is 0.315 e. The lowest BCUT2D eigenvalue weighted by molar-refractivity contribution is 0.176. The van der Waals surface area contributed by atoms with Gasteiger partial charge in [0.1, 0.15) is 0 Å². The van der Waals surface area contributed by atoms with Gasteiger partial charge >= 0.3 is 6.03 Å². The minimum absolute atomic E-state index is 0.0130. The Morgan fingerprint density at radius 3 is 2.75 bits per heavy atom. The van der Waals surface area contributed by atoms with Crippen LogP contribution in [0.25, 0.3) is 0 Å². The number of hydrogen-bond acceptors (Lipinski definition) is 3. The number of nitrogens with one attached hydrogen (secondary N) is 2. The predicted molar refractivity (Wildman–Crippen MR) is 96.7 cm³/mol. The van der Waals surface area contributed by atoms with Crippen LogP contribution in [0.15, 0.2) is 30.3 Å². The SMILES string of the molecule is CC(C)C(CCO)NC(=O)NC1CCCN(Cc2ccccc2)C1. The third-order valence-electron chi connectivity index (χ3n) is 4.65. The van der Waals surface area contributed by atoms with Gasteiger partial charge in [-0.15, -0.1) is 0 Å². The first kappa shape index (κ1) is 18.7. The molecule has 3 N–H and O–H groups in total. The number of rotatable bonds is 7. The highest BCUT2D eigenvalue weighted by molar-refractivity contribution is 5.74. The molecule has 1 fully saturated rings. The number of aliphatic hydroxyl groups is 1. The van der Waals surface area contributed by atoms with E-state index < -0.39 is 0 Å². The van der Waals surface area contributed by atoms with E-state index >= 15 is 0 Å². The molecule has 1 aromatic carbocycles. The molecular formula is C19H31N3O2. The van der Waals surface area contributed by atoms with Gasteiger partial charge in [0.2, 0.25) is 0 Å². The number of carbonyl (C=O) groups excluding carboxylic acids is 1. The summed E-state index contributed by atoms with van der Waals surface area (Å²) < 4.78 is 0. The molecule has 1 saturated heterocycles. The van der Waals surface area contributed by atoms with Crippen molar-refractivity contribution in [3.05, 3.63) is 35.9 Å². The molecule has 2 atom stereocenters. The van der Waals surface area contributed by atoms with E-state index in [9.17, 15) is 4.79 Å². The van der Waals surface area contributed by atoms with Gasteiger partial charge in [0.05, 0.1) is 0 Å². The molecule has 0 bridgehead atoms. The lowest BCUT2D eigenvalue weighted by Gasteiger charge is -2.33. The van der Waals surface area contributed by atoms with E-state index in [0.29, 0.717) is 12.3 Å². The number of piperidine rings is 1. The van der Waals surface area contributed by atoms with E-state index in [1.54, 1.807) is 0 Å². The van der Waals surface area contributed by atoms with Crippen LogP contribution in [0.4, 0.5) is 4.79 Å². The second-order valence-electron chi connectivity index (χ2n) is 7.04. The van der Waals surface area contributed by atoms with E-state index in [-0.39, 0.29) is 24.7 Å². The number of amides is 2. The molecule has 2 amide bonds. The predicted octanol–water partition coefficient (Wildman–Crippen LogP) is 2.36. The highest BCUT2D eigenvalue weighted by Gasteiger charge is 2.23. The van der Waals surface area contributed by atoms with Crippen LogP contribution in [-0.2, 0) is 6.54 Å². The molecule has 2 unspecified atom stereocenters. The van der Waals surface area contributed by atoms with Gasteiger partial charge in [-0.05, 0) is 37.3 Å². The van der Waals surface area contributed by atoms with Crippen LogP contribution in [-0.4, -0.2) is 47.8 Å². The number of carbonyl (C=O) groups is 1. The summed E-state index contributed by atoms with van der Waals surface area (Å²) in [5, 5.41) is 15.2. The zero-order valence-corrected chi connectivity index (χ0v) is 14.9. The fourth-order valence-corrected chi connectivity index (χ4v) is 3.27. The Morgan fingerprint density at radius 1 is 1.33 bits per heavy atom. The summed E-state index contributed by atoms with van der Waals surface area (Å²) in [5.74, 6) is 0.309. The summed E-state index contributed by atoms with van der Waals surface area (Å²) in [7, 11) is 0. The van der Waals surface area contributed by atoms with Gasteiger partial charge in [0, 0.05) is 31.8 Å². The first-order valence-electron chi connectivity index (χ1n) is 9.02. The quantitative estimate of drug-likeness (QED) is 0.718. The highest BCUT2D eigenvalue weighted by atomic mass is 16.3. The van der Waals surface area contributed by atoms with E-state index in [1.807, 2.05) is 6.07 Å². The van der Waals surface area contributed by atoms with Crippen molar-refractivity contribution < 1.29 is 9.90 Å². The Morgan fingerprint density at radius 2 is 2.08 bits per heavy atom. The van der Waals surface area contributed by atoms with E-state index in [2.05, 4.69) is 53.6 Å². The minimum Gasteiger partial charge on any atom is -0.396 e. The van der Waals surface area contributed by atoms with Crippen LogP contribution >= 0.6 is 0 Å². The Hall–Kier alpha value is -1.59. The van der Waals surface area contributed by atoms with Gasteiger partial charge in [-0.25, -0.2) is 4.79 Å². The first-order chi connectivity index (χ1) is 11.6. The maximum atomic E-state index is 12.2. The van der Waals surface area contributed by atoms with Crippen molar-refractivity contribution in [1.82, 2.24) is 15.5 Å². The third-order valence-corrected chi connectivity index (χ3v) is 4.65. The standard InChI is InChI=1S/C19H31N3O2/c1-15(2)18(10-12-23)21-19(24)20-17-9-6-11-22(14-17)13-16-7-4-3-5-8-16/h3-5,7-8,15,17-18,23H,6,9-14H2,1-2H3,(H2,20,21,24). The van der Waals surface area contributed by atoms with Crippen LogP contribution in [0.5, 0.6) is 0 Å². The van der Waals surface area contributed by atoms with Crippen LogP contribution in [0, 0.1) is 5.92 Å². The molecule has 0 saturated carbocycles. The van der Waals surface area contributed by atoms with E-state index in [4.69, 9.17) is 5.11 Å². The maximum absolute atomic E-state index is 12.2.